The van der Waals surface area contributed by atoms with Crippen LogP contribution in [0.1, 0.15) is 13.8 Å². The number of halogens is 3. The molecule has 1 saturated heterocycles. The molecule has 0 aromatic carbocycles. The molecule has 2 nitrogen and oxygen atoms in total. The molecule has 0 N–H and O–H groups in total. The average molecular weight is 211 g/mol. The fourth-order valence-corrected chi connectivity index (χ4v) is 1.51. The van der Waals surface area contributed by atoms with Crippen molar-refractivity contribution < 1.29 is 17.9 Å². The molecule has 5 heteroatoms. The molecular weight excluding hydrogens is 195 g/mol. The van der Waals surface area contributed by atoms with Crippen molar-refractivity contribution in [3.8, 4) is 0 Å². The Bertz CT molecular complexity index is 175. The van der Waals surface area contributed by atoms with E-state index in [0.717, 1.165) is 6.54 Å². The van der Waals surface area contributed by atoms with E-state index < -0.39 is 12.8 Å². The van der Waals surface area contributed by atoms with Crippen LogP contribution in [0.3, 0.4) is 0 Å². The summed E-state index contributed by atoms with van der Waals surface area (Å²) in [5, 5.41) is 0. The van der Waals surface area contributed by atoms with Crippen LogP contribution in [0.4, 0.5) is 13.2 Å². The highest BCUT2D eigenvalue weighted by molar-refractivity contribution is 4.81. The molecule has 0 spiro atoms. The van der Waals surface area contributed by atoms with Crippen LogP contribution in [-0.4, -0.2) is 43.4 Å². The lowest BCUT2D eigenvalue weighted by molar-refractivity contribution is -0.199. The van der Waals surface area contributed by atoms with Crippen LogP contribution < -0.4 is 0 Å². The smallest absolute Gasteiger partial charge is 0.366 e. The van der Waals surface area contributed by atoms with E-state index in [9.17, 15) is 13.2 Å². The zero-order valence-electron chi connectivity index (χ0n) is 8.47. The molecule has 84 valence electrons. The standard InChI is InChI=1S/C9H16F3NO/c1-7(2)3-13-4-8(5-13)14-6-9(10,11)12/h7-8H,3-6H2,1-2H3. The maximum Gasteiger partial charge on any atom is 0.411 e. The zero-order valence-corrected chi connectivity index (χ0v) is 8.47. The van der Waals surface area contributed by atoms with E-state index in [2.05, 4.69) is 23.5 Å². The first kappa shape index (κ1) is 11.8. The average Bonchev–Trinajstić information content (AvgIpc) is 1.90. The third kappa shape index (κ3) is 4.28. The lowest BCUT2D eigenvalue weighted by Crippen LogP contribution is -2.53. The van der Waals surface area contributed by atoms with E-state index >= 15 is 0 Å². The van der Waals surface area contributed by atoms with Crippen LogP contribution in [-0.2, 0) is 4.74 Å². The normalized spacial score (nSPS) is 20.1. The molecule has 1 heterocycles. The summed E-state index contributed by atoms with van der Waals surface area (Å²) in [5.41, 5.74) is 0. The van der Waals surface area contributed by atoms with E-state index in [1.54, 1.807) is 0 Å². The second-order valence-corrected chi connectivity index (χ2v) is 4.16. The summed E-state index contributed by atoms with van der Waals surface area (Å²) >= 11 is 0. The number of hydrogen-bond donors (Lipinski definition) is 0. The summed E-state index contributed by atoms with van der Waals surface area (Å²) in [6.07, 6.45) is -4.42. The Morgan fingerprint density at radius 3 is 2.36 bits per heavy atom. The van der Waals surface area contributed by atoms with Gasteiger partial charge in [-0.05, 0) is 5.92 Å². The maximum absolute atomic E-state index is 11.7. The SMILES string of the molecule is CC(C)CN1CC(OCC(F)(F)F)C1. The number of ether oxygens (including phenoxy) is 1. The van der Waals surface area contributed by atoms with Gasteiger partial charge in [0.25, 0.3) is 0 Å². The van der Waals surface area contributed by atoms with Crippen molar-refractivity contribution in [3.05, 3.63) is 0 Å². The predicted molar refractivity (Wildman–Crippen MR) is 47.1 cm³/mol. The molecule has 0 radical (unpaired) electrons. The molecule has 0 saturated carbocycles. The Kier molecular flexibility index (Phi) is 3.78. The van der Waals surface area contributed by atoms with Gasteiger partial charge in [-0.1, -0.05) is 13.8 Å². The molecule has 1 aliphatic rings. The van der Waals surface area contributed by atoms with Gasteiger partial charge in [-0.15, -0.1) is 0 Å². The van der Waals surface area contributed by atoms with Gasteiger partial charge in [-0.3, -0.25) is 4.90 Å². The van der Waals surface area contributed by atoms with E-state index in [-0.39, 0.29) is 6.10 Å². The molecule has 1 fully saturated rings. The van der Waals surface area contributed by atoms with Gasteiger partial charge < -0.3 is 4.74 Å². The molecule has 0 aliphatic carbocycles. The van der Waals surface area contributed by atoms with Crippen LogP contribution in [0.25, 0.3) is 0 Å². The van der Waals surface area contributed by atoms with Crippen molar-refractivity contribution in [1.82, 2.24) is 4.90 Å². The van der Waals surface area contributed by atoms with Crippen molar-refractivity contribution in [3.63, 3.8) is 0 Å². The maximum atomic E-state index is 11.7. The molecule has 0 aromatic heterocycles. The summed E-state index contributed by atoms with van der Waals surface area (Å²) in [4.78, 5) is 2.10. The lowest BCUT2D eigenvalue weighted by Gasteiger charge is -2.39. The van der Waals surface area contributed by atoms with Gasteiger partial charge >= 0.3 is 6.18 Å². The second kappa shape index (κ2) is 4.49. The first-order valence-electron chi connectivity index (χ1n) is 4.77. The first-order chi connectivity index (χ1) is 6.37. The Labute approximate surface area is 82.0 Å². The Morgan fingerprint density at radius 1 is 1.36 bits per heavy atom. The summed E-state index contributed by atoms with van der Waals surface area (Å²) in [6, 6.07) is 0. The largest absolute Gasteiger partial charge is 0.411 e. The molecule has 0 atom stereocenters. The number of nitrogens with zero attached hydrogens (tertiary/aromatic N) is 1. The summed E-state index contributed by atoms with van der Waals surface area (Å²) < 4.78 is 39.9. The second-order valence-electron chi connectivity index (χ2n) is 4.16. The van der Waals surface area contributed by atoms with Gasteiger partial charge in [0, 0.05) is 19.6 Å². The van der Waals surface area contributed by atoms with Crippen molar-refractivity contribution in [2.45, 2.75) is 26.1 Å². The van der Waals surface area contributed by atoms with Gasteiger partial charge in [0.2, 0.25) is 0 Å². The third-order valence-corrected chi connectivity index (χ3v) is 2.03. The number of hydrogen-bond acceptors (Lipinski definition) is 2. The van der Waals surface area contributed by atoms with Crippen molar-refractivity contribution >= 4 is 0 Å². The topological polar surface area (TPSA) is 12.5 Å². The highest BCUT2D eigenvalue weighted by Gasteiger charge is 2.33. The lowest BCUT2D eigenvalue weighted by atomic mass is 10.1. The summed E-state index contributed by atoms with van der Waals surface area (Å²) in [6.45, 7) is 5.26. The minimum absolute atomic E-state index is 0.227. The minimum Gasteiger partial charge on any atom is -0.366 e. The number of likely N-dealkylation sites (tertiary alicyclic amines) is 1. The van der Waals surface area contributed by atoms with Gasteiger partial charge in [-0.2, -0.15) is 13.2 Å². The Morgan fingerprint density at radius 2 is 1.93 bits per heavy atom. The van der Waals surface area contributed by atoms with Crippen molar-refractivity contribution in [2.75, 3.05) is 26.2 Å². The summed E-state index contributed by atoms with van der Waals surface area (Å²) in [7, 11) is 0. The van der Waals surface area contributed by atoms with E-state index in [1.165, 1.54) is 0 Å². The molecule has 0 amide bonds. The van der Waals surface area contributed by atoms with Gasteiger partial charge in [0.15, 0.2) is 0 Å². The molecule has 0 bridgehead atoms. The van der Waals surface area contributed by atoms with E-state index in [1.807, 2.05) is 0 Å². The van der Waals surface area contributed by atoms with Crippen LogP contribution >= 0.6 is 0 Å². The monoisotopic (exact) mass is 211 g/mol. The van der Waals surface area contributed by atoms with Crippen LogP contribution in [0.2, 0.25) is 0 Å². The van der Waals surface area contributed by atoms with E-state index in [4.69, 9.17) is 0 Å². The minimum atomic E-state index is -4.20. The fourth-order valence-electron chi connectivity index (χ4n) is 1.51. The molecule has 1 rings (SSSR count). The highest BCUT2D eigenvalue weighted by atomic mass is 19.4. The van der Waals surface area contributed by atoms with E-state index in [0.29, 0.717) is 19.0 Å². The Balaban J connectivity index is 2.05. The predicted octanol–water partition coefficient (Wildman–Crippen LogP) is 1.91. The van der Waals surface area contributed by atoms with Crippen molar-refractivity contribution in [2.24, 2.45) is 5.92 Å². The third-order valence-electron chi connectivity index (χ3n) is 2.03. The quantitative estimate of drug-likeness (QED) is 0.704. The zero-order chi connectivity index (χ0) is 10.8. The Hall–Kier alpha value is -0.290. The van der Waals surface area contributed by atoms with Gasteiger partial charge in [-0.25, -0.2) is 0 Å². The number of alkyl halides is 3. The summed E-state index contributed by atoms with van der Waals surface area (Å²) in [5.74, 6) is 0.554. The van der Waals surface area contributed by atoms with Gasteiger partial charge in [0.05, 0.1) is 6.10 Å². The molecule has 0 aromatic rings. The molecule has 0 unspecified atom stereocenters. The fraction of sp³-hybridized carbons (Fsp3) is 1.00. The van der Waals surface area contributed by atoms with Crippen LogP contribution in [0.5, 0.6) is 0 Å². The number of rotatable bonds is 4. The van der Waals surface area contributed by atoms with Crippen molar-refractivity contribution in [1.29, 1.82) is 0 Å². The highest BCUT2D eigenvalue weighted by Crippen LogP contribution is 2.19. The van der Waals surface area contributed by atoms with Crippen LogP contribution in [0.15, 0.2) is 0 Å². The molecule has 14 heavy (non-hydrogen) atoms. The first-order valence-corrected chi connectivity index (χ1v) is 4.77. The molecular formula is C9H16F3NO. The molecule has 1 aliphatic heterocycles. The van der Waals surface area contributed by atoms with Crippen LogP contribution in [0, 0.1) is 5.92 Å². The van der Waals surface area contributed by atoms with Gasteiger partial charge in [0.1, 0.15) is 6.61 Å².